The van der Waals surface area contributed by atoms with Crippen LogP contribution in [-0.4, -0.2) is 45.9 Å². The highest BCUT2D eigenvalue weighted by Crippen LogP contribution is 2.31. The molecule has 22 heavy (non-hydrogen) atoms. The van der Waals surface area contributed by atoms with Gasteiger partial charge in [0.25, 0.3) is 0 Å². The number of sulfonamides is 1. The minimum Gasteiger partial charge on any atom is -0.495 e. The second-order valence-electron chi connectivity index (χ2n) is 5.09. The van der Waals surface area contributed by atoms with E-state index in [1.54, 1.807) is 25.2 Å². The number of halogens is 1. The molecule has 0 aliphatic carbocycles. The number of carbonyl (C=O) groups is 1. The third kappa shape index (κ3) is 3.44. The van der Waals surface area contributed by atoms with Gasteiger partial charge in [-0.15, -0.1) is 0 Å². The molecular formula is C14H19BrN2O4S. The maximum absolute atomic E-state index is 12.8. The molecular weight excluding hydrogens is 372 g/mol. The summed E-state index contributed by atoms with van der Waals surface area (Å²) < 4.78 is 32.8. The maximum atomic E-state index is 12.8. The molecule has 2 rings (SSSR count). The van der Waals surface area contributed by atoms with Gasteiger partial charge >= 0.3 is 0 Å². The monoisotopic (exact) mass is 390 g/mol. The van der Waals surface area contributed by atoms with Crippen molar-refractivity contribution in [2.24, 2.45) is 5.92 Å². The third-order valence-corrected chi connectivity index (χ3v) is 6.23. The van der Waals surface area contributed by atoms with Crippen molar-refractivity contribution in [1.29, 1.82) is 0 Å². The first-order valence-electron chi connectivity index (χ1n) is 6.95. The Morgan fingerprint density at radius 3 is 2.55 bits per heavy atom. The Morgan fingerprint density at radius 2 is 2.00 bits per heavy atom. The summed E-state index contributed by atoms with van der Waals surface area (Å²) in [6, 6.07) is 4.89. The fourth-order valence-electron chi connectivity index (χ4n) is 2.55. The van der Waals surface area contributed by atoms with Gasteiger partial charge in [0.1, 0.15) is 10.6 Å². The zero-order chi connectivity index (χ0) is 16.3. The molecule has 1 amide bonds. The molecule has 122 valence electrons. The lowest BCUT2D eigenvalue weighted by Gasteiger charge is -2.30. The van der Waals surface area contributed by atoms with Crippen LogP contribution in [0.4, 0.5) is 0 Å². The fourth-order valence-corrected chi connectivity index (χ4v) is 4.72. The van der Waals surface area contributed by atoms with Crippen LogP contribution in [0.1, 0.15) is 12.8 Å². The summed E-state index contributed by atoms with van der Waals surface area (Å²) in [5.74, 6) is 0.162. The Morgan fingerprint density at radius 1 is 1.36 bits per heavy atom. The summed E-state index contributed by atoms with van der Waals surface area (Å²) in [6.45, 7) is 0.659. The Hall–Kier alpha value is -1.12. The Bertz CT molecular complexity index is 655. The molecule has 1 saturated heterocycles. The van der Waals surface area contributed by atoms with Gasteiger partial charge in [-0.25, -0.2) is 8.42 Å². The van der Waals surface area contributed by atoms with Crippen LogP contribution in [0.2, 0.25) is 0 Å². The van der Waals surface area contributed by atoms with Gasteiger partial charge < -0.3 is 10.1 Å². The van der Waals surface area contributed by atoms with Crippen LogP contribution in [0.5, 0.6) is 5.75 Å². The minimum atomic E-state index is -3.64. The molecule has 8 heteroatoms. The van der Waals surface area contributed by atoms with Gasteiger partial charge in [0.05, 0.1) is 7.11 Å². The molecule has 0 spiro atoms. The number of amides is 1. The molecule has 1 aliphatic rings. The average Bonchev–Trinajstić information content (AvgIpc) is 2.54. The van der Waals surface area contributed by atoms with Crippen molar-refractivity contribution in [3.05, 3.63) is 22.7 Å². The number of piperidine rings is 1. The van der Waals surface area contributed by atoms with E-state index in [0.29, 0.717) is 36.2 Å². The van der Waals surface area contributed by atoms with Crippen molar-refractivity contribution in [2.45, 2.75) is 17.7 Å². The lowest BCUT2D eigenvalue weighted by Crippen LogP contribution is -2.42. The van der Waals surface area contributed by atoms with Gasteiger partial charge in [-0.05, 0) is 31.0 Å². The highest BCUT2D eigenvalue weighted by atomic mass is 79.9. The molecule has 0 radical (unpaired) electrons. The molecule has 1 aromatic rings. The first-order chi connectivity index (χ1) is 10.4. The zero-order valence-corrected chi connectivity index (χ0v) is 14.9. The zero-order valence-electron chi connectivity index (χ0n) is 12.5. The van der Waals surface area contributed by atoms with E-state index in [1.165, 1.54) is 11.4 Å². The third-order valence-electron chi connectivity index (χ3n) is 3.81. The summed E-state index contributed by atoms with van der Waals surface area (Å²) in [5, 5.41) is 2.61. The highest BCUT2D eigenvalue weighted by Gasteiger charge is 2.33. The molecule has 1 aromatic carbocycles. The SMILES string of the molecule is CNC(=O)C1CCN(S(=O)(=O)c2cc(Br)ccc2OC)CC1. The first-order valence-corrected chi connectivity index (χ1v) is 9.18. The fraction of sp³-hybridized carbons (Fsp3) is 0.500. The van der Waals surface area contributed by atoms with E-state index in [-0.39, 0.29) is 16.7 Å². The van der Waals surface area contributed by atoms with E-state index < -0.39 is 10.0 Å². The van der Waals surface area contributed by atoms with Gasteiger partial charge in [0.2, 0.25) is 15.9 Å². The van der Waals surface area contributed by atoms with Gasteiger partial charge in [0, 0.05) is 30.5 Å². The van der Waals surface area contributed by atoms with Gasteiger partial charge in [0.15, 0.2) is 0 Å². The van der Waals surface area contributed by atoms with Crippen molar-refractivity contribution in [1.82, 2.24) is 9.62 Å². The van der Waals surface area contributed by atoms with Crippen molar-refractivity contribution >= 4 is 31.9 Å². The number of methoxy groups -OCH3 is 1. The van der Waals surface area contributed by atoms with Crippen molar-refractivity contribution in [2.75, 3.05) is 27.2 Å². The summed E-state index contributed by atoms with van der Waals surface area (Å²) in [6.07, 6.45) is 1.05. The summed E-state index contributed by atoms with van der Waals surface area (Å²) in [5.41, 5.74) is 0. The molecule has 0 saturated carbocycles. The second kappa shape index (κ2) is 6.97. The second-order valence-corrected chi connectivity index (χ2v) is 7.91. The predicted molar refractivity (Wildman–Crippen MR) is 86.2 cm³/mol. The Kier molecular flexibility index (Phi) is 5.46. The lowest BCUT2D eigenvalue weighted by atomic mass is 9.97. The summed E-state index contributed by atoms with van der Waals surface area (Å²) in [7, 11) is -0.597. The van der Waals surface area contributed by atoms with E-state index >= 15 is 0 Å². The van der Waals surface area contributed by atoms with Crippen LogP contribution in [0.15, 0.2) is 27.6 Å². The van der Waals surface area contributed by atoms with Crippen LogP contribution in [-0.2, 0) is 14.8 Å². The van der Waals surface area contributed by atoms with Crippen molar-refractivity contribution in [3.8, 4) is 5.75 Å². The lowest BCUT2D eigenvalue weighted by molar-refractivity contribution is -0.125. The van der Waals surface area contributed by atoms with Crippen LogP contribution in [0, 0.1) is 5.92 Å². The molecule has 0 aromatic heterocycles. The van der Waals surface area contributed by atoms with E-state index in [9.17, 15) is 13.2 Å². The van der Waals surface area contributed by atoms with Gasteiger partial charge in [-0.1, -0.05) is 15.9 Å². The molecule has 1 fully saturated rings. The van der Waals surface area contributed by atoms with Crippen LogP contribution in [0.25, 0.3) is 0 Å². The standard InChI is InChI=1S/C14H19BrN2O4S/c1-16-14(18)10-5-7-17(8-6-10)22(19,20)13-9-11(15)3-4-12(13)21-2/h3-4,9-10H,5-8H2,1-2H3,(H,16,18). The minimum absolute atomic E-state index is 0.0305. The van der Waals surface area contributed by atoms with Crippen molar-refractivity contribution < 1.29 is 17.9 Å². The van der Waals surface area contributed by atoms with Crippen LogP contribution < -0.4 is 10.1 Å². The largest absolute Gasteiger partial charge is 0.495 e. The molecule has 1 heterocycles. The van der Waals surface area contributed by atoms with Gasteiger partial charge in [-0.3, -0.25) is 4.79 Å². The average molecular weight is 391 g/mol. The van der Waals surface area contributed by atoms with E-state index in [2.05, 4.69) is 21.2 Å². The number of ether oxygens (including phenoxy) is 1. The van der Waals surface area contributed by atoms with Crippen LogP contribution >= 0.6 is 15.9 Å². The molecule has 0 unspecified atom stereocenters. The first kappa shape index (κ1) is 17.2. The number of carbonyl (C=O) groups excluding carboxylic acids is 1. The molecule has 1 aliphatic heterocycles. The Labute approximate surface area is 139 Å². The van der Waals surface area contributed by atoms with Crippen molar-refractivity contribution in [3.63, 3.8) is 0 Å². The normalized spacial score (nSPS) is 17.2. The molecule has 0 atom stereocenters. The van der Waals surface area contributed by atoms with E-state index in [4.69, 9.17) is 4.74 Å². The number of hydrogen-bond acceptors (Lipinski definition) is 4. The van der Waals surface area contributed by atoms with E-state index in [1.807, 2.05) is 0 Å². The van der Waals surface area contributed by atoms with Crippen LogP contribution in [0.3, 0.4) is 0 Å². The summed E-state index contributed by atoms with van der Waals surface area (Å²) >= 11 is 3.29. The number of nitrogens with one attached hydrogen (secondary N) is 1. The van der Waals surface area contributed by atoms with Gasteiger partial charge in [-0.2, -0.15) is 4.31 Å². The molecule has 0 bridgehead atoms. The van der Waals surface area contributed by atoms with E-state index in [0.717, 1.165) is 0 Å². The quantitative estimate of drug-likeness (QED) is 0.846. The highest BCUT2D eigenvalue weighted by molar-refractivity contribution is 9.10. The molecule has 1 N–H and O–H groups in total. The number of hydrogen-bond donors (Lipinski definition) is 1. The number of benzene rings is 1. The summed E-state index contributed by atoms with van der Waals surface area (Å²) in [4.78, 5) is 11.8. The predicted octanol–water partition coefficient (Wildman–Crippen LogP) is 1.60. The topological polar surface area (TPSA) is 75.7 Å². The maximum Gasteiger partial charge on any atom is 0.246 e. The molecule has 6 nitrogen and oxygen atoms in total. The smallest absolute Gasteiger partial charge is 0.246 e. The number of nitrogens with zero attached hydrogens (tertiary/aromatic N) is 1. The number of rotatable bonds is 4. The Balaban J connectivity index is 2.22.